The first kappa shape index (κ1) is 15.0. The van der Waals surface area contributed by atoms with Gasteiger partial charge in [-0.25, -0.2) is 0 Å². The summed E-state index contributed by atoms with van der Waals surface area (Å²) in [4.78, 5) is 2.11. The third-order valence-electron chi connectivity index (χ3n) is 4.09. The molecule has 6 nitrogen and oxygen atoms in total. The molecule has 1 aromatic heterocycles. The van der Waals surface area contributed by atoms with E-state index < -0.39 is 0 Å². The van der Waals surface area contributed by atoms with Gasteiger partial charge in [0, 0.05) is 20.2 Å². The molecule has 6 heteroatoms. The van der Waals surface area contributed by atoms with Crippen LogP contribution in [0.25, 0.3) is 5.69 Å². The van der Waals surface area contributed by atoms with Crippen LogP contribution in [0.3, 0.4) is 0 Å². The van der Waals surface area contributed by atoms with E-state index in [0.29, 0.717) is 6.10 Å². The first-order valence-electron chi connectivity index (χ1n) is 8.01. The predicted molar refractivity (Wildman–Crippen MR) is 85.2 cm³/mol. The van der Waals surface area contributed by atoms with E-state index in [0.717, 1.165) is 37.6 Å². The van der Waals surface area contributed by atoms with Gasteiger partial charge in [0.25, 0.3) is 0 Å². The topological polar surface area (TPSA) is 56.1 Å². The largest absolute Gasteiger partial charge is 0.378 e. The number of anilines is 1. The summed E-state index contributed by atoms with van der Waals surface area (Å²) in [7, 11) is 2.03. The molecule has 1 saturated heterocycles. The van der Waals surface area contributed by atoms with E-state index in [-0.39, 0.29) is 0 Å². The van der Waals surface area contributed by atoms with Crippen LogP contribution < -0.4 is 4.90 Å². The van der Waals surface area contributed by atoms with E-state index in [1.165, 1.54) is 19.3 Å². The monoisotopic (exact) mass is 301 g/mol. The predicted octanol–water partition coefficient (Wildman–Crippen LogP) is 2.45. The second-order valence-electron chi connectivity index (χ2n) is 5.78. The highest BCUT2D eigenvalue weighted by molar-refractivity contribution is 5.39. The quantitative estimate of drug-likeness (QED) is 0.820. The molecule has 118 valence electrons. The maximum atomic E-state index is 5.78. The average Bonchev–Trinajstić information content (AvgIpc) is 3.06. The molecule has 22 heavy (non-hydrogen) atoms. The van der Waals surface area contributed by atoms with Gasteiger partial charge in [0.15, 0.2) is 0 Å². The third kappa shape index (κ3) is 3.62. The average molecular weight is 301 g/mol. The summed E-state index contributed by atoms with van der Waals surface area (Å²) < 4.78 is 7.55. The molecule has 1 aromatic carbocycles. The number of hydrogen-bond acceptors (Lipinski definition) is 5. The lowest BCUT2D eigenvalue weighted by Gasteiger charge is -2.24. The minimum Gasteiger partial charge on any atom is -0.378 e. The molecule has 1 aliphatic heterocycles. The Kier molecular flexibility index (Phi) is 5.00. The zero-order valence-corrected chi connectivity index (χ0v) is 13.1. The van der Waals surface area contributed by atoms with Crippen molar-refractivity contribution in [3.8, 4) is 5.69 Å². The summed E-state index contributed by atoms with van der Waals surface area (Å²) in [6, 6.07) is 9.97. The number of benzene rings is 1. The van der Waals surface area contributed by atoms with Gasteiger partial charge in [0.2, 0.25) is 5.95 Å². The molecule has 1 unspecified atom stereocenters. The van der Waals surface area contributed by atoms with E-state index >= 15 is 0 Å². The van der Waals surface area contributed by atoms with E-state index in [1.807, 2.05) is 37.4 Å². The lowest BCUT2D eigenvalue weighted by Crippen LogP contribution is -2.25. The van der Waals surface area contributed by atoms with Crippen molar-refractivity contribution >= 4 is 5.95 Å². The maximum absolute atomic E-state index is 5.78. The van der Waals surface area contributed by atoms with Crippen LogP contribution in [0.1, 0.15) is 32.1 Å². The number of hydrogen-bond donors (Lipinski definition) is 0. The lowest BCUT2D eigenvalue weighted by atomic mass is 10.0. The SMILES string of the molecule is CN(CCCC1CCCCO1)c1nnnn1-c1ccccc1. The molecule has 2 heterocycles. The van der Waals surface area contributed by atoms with Gasteiger partial charge >= 0.3 is 0 Å². The van der Waals surface area contributed by atoms with Crippen molar-refractivity contribution in [3.63, 3.8) is 0 Å². The molecule has 0 amide bonds. The Morgan fingerprint density at radius 2 is 2.14 bits per heavy atom. The fourth-order valence-electron chi connectivity index (χ4n) is 2.85. The Hall–Kier alpha value is -1.95. The summed E-state index contributed by atoms with van der Waals surface area (Å²) in [5, 5.41) is 12.1. The molecule has 0 saturated carbocycles. The first-order valence-corrected chi connectivity index (χ1v) is 8.01. The van der Waals surface area contributed by atoms with Gasteiger partial charge in [-0.3, -0.25) is 0 Å². The standard InChI is InChI=1S/C16H23N5O/c1-20(12-7-11-15-10-5-6-13-22-15)16-17-18-19-21(16)14-8-3-2-4-9-14/h2-4,8-9,15H,5-7,10-13H2,1H3. The van der Waals surface area contributed by atoms with E-state index in [4.69, 9.17) is 4.74 Å². The summed E-state index contributed by atoms with van der Waals surface area (Å²) >= 11 is 0. The van der Waals surface area contributed by atoms with Crippen LogP contribution in [0.15, 0.2) is 30.3 Å². The van der Waals surface area contributed by atoms with Crippen molar-refractivity contribution in [1.29, 1.82) is 0 Å². The lowest BCUT2D eigenvalue weighted by molar-refractivity contribution is 0.0105. The molecule has 2 aromatic rings. The molecule has 1 fully saturated rings. The Labute approximate surface area is 131 Å². The minimum absolute atomic E-state index is 0.437. The Balaban J connectivity index is 1.56. The highest BCUT2D eigenvalue weighted by Crippen LogP contribution is 2.18. The Morgan fingerprint density at radius 1 is 1.27 bits per heavy atom. The number of nitrogens with zero attached hydrogens (tertiary/aromatic N) is 5. The van der Waals surface area contributed by atoms with Crippen molar-refractivity contribution in [1.82, 2.24) is 20.2 Å². The molecule has 1 aliphatic rings. The molecule has 0 bridgehead atoms. The highest BCUT2D eigenvalue weighted by Gasteiger charge is 2.16. The van der Waals surface area contributed by atoms with Crippen molar-refractivity contribution in [2.75, 3.05) is 25.1 Å². The molecule has 0 spiro atoms. The van der Waals surface area contributed by atoms with Gasteiger partial charge in [-0.05, 0) is 54.7 Å². The van der Waals surface area contributed by atoms with E-state index in [1.54, 1.807) is 4.68 Å². The van der Waals surface area contributed by atoms with Crippen LogP contribution in [0.2, 0.25) is 0 Å². The normalized spacial score (nSPS) is 18.3. The second kappa shape index (κ2) is 7.35. The highest BCUT2D eigenvalue weighted by atomic mass is 16.5. The van der Waals surface area contributed by atoms with Crippen LogP contribution in [0.5, 0.6) is 0 Å². The van der Waals surface area contributed by atoms with Crippen LogP contribution in [0, 0.1) is 0 Å². The van der Waals surface area contributed by atoms with Gasteiger partial charge in [-0.2, -0.15) is 4.68 Å². The van der Waals surface area contributed by atoms with Crippen LogP contribution in [0.4, 0.5) is 5.95 Å². The fraction of sp³-hybridized carbons (Fsp3) is 0.562. The molecular weight excluding hydrogens is 278 g/mol. The van der Waals surface area contributed by atoms with Crippen molar-refractivity contribution in [2.24, 2.45) is 0 Å². The maximum Gasteiger partial charge on any atom is 0.250 e. The van der Waals surface area contributed by atoms with Crippen molar-refractivity contribution in [2.45, 2.75) is 38.2 Å². The molecule has 0 aliphatic carbocycles. The van der Waals surface area contributed by atoms with Gasteiger partial charge in [-0.1, -0.05) is 23.3 Å². The Morgan fingerprint density at radius 3 is 2.91 bits per heavy atom. The molecule has 1 atom stereocenters. The van der Waals surface area contributed by atoms with Crippen LogP contribution in [-0.4, -0.2) is 46.5 Å². The van der Waals surface area contributed by atoms with Gasteiger partial charge in [0.1, 0.15) is 0 Å². The molecular formula is C16H23N5O. The van der Waals surface area contributed by atoms with Crippen LogP contribution in [-0.2, 0) is 4.74 Å². The summed E-state index contributed by atoms with van der Waals surface area (Å²) in [6.07, 6.45) is 6.34. The summed E-state index contributed by atoms with van der Waals surface area (Å²) in [5.41, 5.74) is 0.977. The molecule has 3 rings (SSSR count). The summed E-state index contributed by atoms with van der Waals surface area (Å²) in [6.45, 7) is 1.85. The van der Waals surface area contributed by atoms with Crippen molar-refractivity contribution < 1.29 is 4.74 Å². The number of aromatic nitrogens is 4. The summed E-state index contributed by atoms with van der Waals surface area (Å²) in [5.74, 6) is 0.774. The number of ether oxygens (including phenoxy) is 1. The van der Waals surface area contributed by atoms with Crippen molar-refractivity contribution in [3.05, 3.63) is 30.3 Å². The van der Waals surface area contributed by atoms with E-state index in [9.17, 15) is 0 Å². The second-order valence-corrected chi connectivity index (χ2v) is 5.78. The van der Waals surface area contributed by atoms with Gasteiger partial charge in [-0.15, -0.1) is 0 Å². The zero-order valence-electron chi connectivity index (χ0n) is 13.1. The first-order chi connectivity index (χ1) is 10.8. The Bertz CT molecular complexity index is 565. The van der Waals surface area contributed by atoms with Gasteiger partial charge < -0.3 is 9.64 Å². The number of para-hydroxylation sites is 1. The van der Waals surface area contributed by atoms with Gasteiger partial charge in [0.05, 0.1) is 11.8 Å². The smallest absolute Gasteiger partial charge is 0.250 e. The van der Waals surface area contributed by atoms with Crippen LogP contribution >= 0.6 is 0 Å². The number of rotatable bonds is 6. The minimum atomic E-state index is 0.437. The molecule has 0 N–H and O–H groups in total. The fourth-order valence-corrected chi connectivity index (χ4v) is 2.85. The third-order valence-corrected chi connectivity index (χ3v) is 4.09. The molecule has 0 radical (unpaired) electrons. The number of tetrazole rings is 1. The zero-order chi connectivity index (χ0) is 15.2. The van der Waals surface area contributed by atoms with E-state index in [2.05, 4.69) is 20.4 Å².